The van der Waals surface area contributed by atoms with Gasteiger partial charge in [0.1, 0.15) is 5.76 Å². The lowest BCUT2D eigenvalue weighted by molar-refractivity contribution is 0.132. The lowest BCUT2D eigenvalue weighted by Crippen LogP contribution is -2.12. The fourth-order valence-corrected chi connectivity index (χ4v) is 2.67. The Balaban J connectivity index is 2.00. The van der Waals surface area contributed by atoms with Crippen molar-refractivity contribution >= 4 is 0 Å². The van der Waals surface area contributed by atoms with Gasteiger partial charge in [0.25, 0.3) is 0 Å². The SMILES string of the molecule is C1=CC2=C3OCCCC3CC2C=C1. The Morgan fingerprint density at radius 3 is 3.31 bits per heavy atom. The number of rotatable bonds is 0. The van der Waals surface area contributed by atoms with Crippen LogP contribution in [-0.2, 0) is 4.74 Å². The summed E-state index contributed by atoms with van der Waals surface area (Å²) in [6.07, 6.45) is 12.7. The van der Waals surface area contributed by atoms with E-state index in [0.717, 1.165) is 12.5 Å². The molecule has 0 saturated carbocycles. The first-order chi connectivity index (χ1) is 6.45. The Morgan fingerprint density at radius 1 is 1.31 bits per heavy atom. The highest BCUT2D eigenvalue weighted by Gasteiger charge is 2.34. The Kier molecular flexibility index (Phi) is 1.58. The van der Waals surface area contributed by atoms with Gasteiger partial charge in [-0.2, -0.15) is 0 Å². The summed E-state index contributed by atoms with van der Waals surface area (Å²) >= 11 is 0. The zero-order valence-electron chi connectivity index (χ0n) is 7.70. The van der Waals surface area contributed by atoms with Gasteiger partial charge in [-0.3, -0.25) is 0 Å². The minimum absolute atomic E-state index is 0.656. The lowest BCUT2D eigenvalue weighted by atomic mass is 9.94. The van der Waals surface area contributed by atoms with Crippen LogP contribution in [0.3, 0.4) is 0 Å². The van der Waals surface area contributed by atoms with Crippen LogP contribution in [0, 0.1) is 11.8 Å². The normalized spacial score (nSPS) is 35.7. The van der Waals surface area contributed by atoms with Gasteiger partial charge in [0.05, 0.1) is 6.61 Å². The van der Waals surface area contributed by atoms with Gasteiger partial charge in [-0.15, -0.1) is 0 Å². The molecule has 0 radical (unpaired) electrons. The second-order valence-electron chi connectivity index (χ2n) is 4.09. The maximum absolute atomic E-state index is 5.77. The van der Waals surface area contributed by atoms with Crippen molar-refractivity contribution in [3.8, 4) is 0 Å². The molecule has 13 heavy (non-hydrogen) atoms. The molecule has 1 nitrogen and oxygen atoms in total. The van der Waals surface area contributed by atoms with Crippen LogP contribution < -0.4 is 0 Å². The number of fused-ring (bicyclic) bond motifs is 2. The molecule has 2 aliphatic carbocycles. The molecule has 0 N–H and O–H groups in total. The molecule has 0 aromatic rings. The van der Waals surface area contributed by atoms with Gasteiger partial charge >= 0.3 is 0 Å². The van der Waals surface area contributed by atoms with E-state index in [4.69, 9.17) is 4.74 Å². The van der Waals surface area contributed by atoms with Gasteiger partial charge in [-0.25, -0.2) is 0 Å². The Bertz CT molecular complexity index is 309. The van der Waals surface area contributed by atoms with Crippen LogP contribution in [0.5, 0.6) is 0 Å². The molecule has 0 amide bonds. The maximum atomic E-state index is 5.77. The van der Waals surface area contributed by atoms with E-state index < -0.39 is 0 Å². The number of hydrogen-bond acceptors (Lipinski definition) is 1. The number of hydrogen-bond donors (Lipinski definition) is 0. The second-order valence-corrected chi connectivity index (χ2v) is 4.09. The third-order valence-corrected chi connectivity index (χ3v) is 3.28. The highest BCUT2D eigenvalue weighted by atomic mass is 16.5. The summed E-state index contributed by atoms with van der Waals surface area (Å²) < 4.78 is 5.77. The van der Waals surface area contributed by atoms with Crippen molar-refractivity contribution in [1.82, 2.24) is 0 Å². The van der Waals surface area contributed by atoms with Crippen molar-refractivity contribution in [3.63, 3.8) is 0 Å². The zero-order valence-corrected chi connectivity index (χ0v) is 7.70. The third-order valence-electron chi connectivity index (χ3n) is 3.28. The minimum Gasteiger partial charge on any atom is -0.497 e. The fraction of sp³-hybridized carbons (Fsp3) is 0.500. The molecule has 1 aliphatic heterocycles. The van der Waals surface area contributed by atoms with Crippen molar-refractivity contribution in [2.45, 2.75) is 19.3 Å². The quantitative estimate of drug-likeness (QED) is 0.548. The molecule has 1 fully saturated rings. The van der Waals surface area contributed by atoms with Crippen LogP contribution in [0.1, 0.15) is 19.3 Å². The van der Waals surface area contributed by atoms with Crippen LogP contribution in [0.15, 0.2) is 35.6 Å². The minimum atomic E-state index is 0.656. The zero-order chi connectivity index (χ0) is 8.67. The summed E-state index contributed by atoms with van der Waals surface area (Å²) in [5.41, 5.74) is 1.45. The summed E-state index contributed by atoms with van der Waals surface area (Å²) in [7, 11) is 0. The summed E-state index contributed by atoms with van der Waals surface area (Å²) in [4.78, 5) is 0. The van der Waals surface area contributed by atoms with Crippen molar-refractivity contribution in [2.24, 2.45) is 11.8 Å². The predicted molar refractivity (Wildman–Crippen MR) is 52.1 cm³/mol. The number of ether oxygens (including phenoxy) is 1. The van der Waals surface area contributed by atoms with Crippen LogP contribution in [0.2, 0.25) is 0 Å². The first kappa shape index (κ1) is 7.43. The third kappa shape index (κ3) is 1.06. The Morgan fingerprint density at radius 2 is 2.31 bits per heavy atom. The molecule has 1 heterocycles. The molecule has 2 atom stereocenters. The summed E-state index contributed by atoms with van der Waals surface area (Å²) in [5.74, 6) is 2.68. The van der Waals surface area contributed by atoms with E-state index in [0.29, 0.717) is 5.92 Å². The molecule has 1 saturated heterocycles. The van der Waals surface area contributed by atoms with E-state index in [2.05, 4.69) is 24.3 Å². The molecular weight excluding hydrogens is 160 g/mol. The van der Waals surface area contributed by atoms with Crippen LogP contribution in [0.25, 0.3) is 0 Å². The molecule has 2 unspecified atom stereocenters. The second kappa shape index (κ2) is 2.76. The Labute approximate surface area is 78.8 Å². The topological polar surface area (TPSA) is 9.23 Å². The average molecular weight is 174 g/mol. The van der Waals surface area contributed by atoms with E-state index in [1.54, 1.807) is 0 Å². The molecule has 0 bridgehead atoms. The van der Waals surface area contributed by atoms with Gasteiger partial charge in [-0.1, -0.05) is 24.3 Å². The first-order valence-electron chi connectivity index (χ1n) is 5.17. The van der Waals surface area contributed by atoms with E-state index in [1.165, 1.54) is 30.6 Å². The van der Waals surface area contributed by atoms with E-state index in [-0.39, 0.29) is 0 Å². The molecular formula is C12H14O. The maximum Gasteiger partial charge on any atom is 0.103 e. The molecule has 0 aromatic carbocycles. The lowest BCUT2D eigenvalue weighted by Gasteiger charge is -2.21. The molecule has 3 rings (SSSR count). The molecule has 68 valence electrons. The largest absolute Gasteiger partial charge is 0.497 e. The van der Waals surface area contributed by atoms with Gasteiger partial charge in [0.15, 0.2) is 0 Å². The van der Waals surface area contributed by atoms with Gasteiger partial charge in [-0.05, 0) is 24.8 Å². The van der Waals surface area contributed by atoms with Crippen LogP contribution in [-0.4, -0.2) is 6.61 Å². The highest BCUT2D eigenvalue weighted by molar-refractivity contribution is 5.39. The standard InChI is InChI=1S/C12H14O/c1-2-6-11-9(4-1)8-10-5-3-7-13-12(10)11/h1-2,4,6,9-10H,3,5,7-8H2. The summed E-state index contributed by atoms with van der Waals surface area (Å²) in [6, 6.07) is 0. The molecule has 3 aliphatic rings. The van der Waals surface area contributed by atoms with Crippen molar-refractivity contribution < 1.29 is 4.74 Å². The van der Waals surface area contributed by atoms with E-state index in [9.17, 15) is 0 Å². The summed E-state index contributed by atoms with van der Waals surface area (Å²) in [6.45, 7) is 0.930. The molecule has 0 aromatic heterocycles. The monoisotopic (exact) mass is 174 g/mol. The highest BCUT2D eigenvalue weighted by Crippen LogP contribution is 2.44. The number of allylic oxidation sites excluding steroid dienone is 6. The smallest absolute Gasteiger partial charge is 0.103 e. The Hall–Kier alpha value is -0.980. The molecule has 0 spiro atoms. The average Bonchev–Trinajstić information content (AvgIpc) is 2.56. The first-order valence-corrected chi connectivity index (χ1v) is 5.17. The van der Waals surface area contributed by atoms with Crippen LogP contribution in [0.4, 0.5) is 0 Å². The van der Waals surface area contributed by atoms with E-state index in [1.807, 2.05) is 0 Å². The molecule has 1 heteroatoms. The van der Waals surface area contributed by atoms with Crippen molar-refractivity contribution in [3.05, 3.63) is 35.6 Å². The fourth-order valence-electron chi connectivity index (χ4n) is 2.67. The van der Waals surface area contributed by atoms with Gasteiger partial charge < -0.3 is 4.74 Å². The van der Waals surface area contributed by atoms with Crippen molar-refractivity contribution in [2.75, 3.05) is 6.61 Å². The van der Waals surface area contributed by atoms with E-state index >= 15 is 0 Å². The van der Waals surface area contributed by atoms with Gasteiger partial charge in [0, 0.05) is 11.8 Å². The van der Waals surface area contributed by atoms with Gasteiger partial charge in [0.2, 0.25) is 0 Å². The summed E-state index contributed by atoms with van der Waals surface area (Å²) in [5, 5.41) is 0. The van der Waals surface area contributed by atoms with Crippen molar-refractivity contribution in [1.29, 1.82) is 0 Å². The van der Waals surface area contributed by atoms with Crippen LogP contribution >= 0.6 is 0 Å². The predicted octanol–water partition coefficient (Wildman–Crippen LogP) is 2.81.